The molecule has 1 atom stereocenters. The maximum absolute atomic E-state index is 12.4. The fourth-order valence-corrected chi connectivity index (χ4v) is 5.75. The zero-order valence-electron chi connectivity index (χ0n) is 18.5. The summed E-state index contributed by atoms with van der Waals surface area (Å²) < 4.78 is 0. The van der Waals surface area contributed by atoms with E-state index in [4.69, 9.17) is 0 Å². The van der Waals surface area contributed by atoms with Gasteiger partial charge >= 0.3 is 0 Å². The minimum Gasteiger partial charge on any atom is -0.352 e. The lowest BCUT2D eigenvalue weighted by atomic mass is 10.0. The first-order valence-electron chi connectivity index (χ1n) is 11.8. The SMILES string of the molecule is O=C(C[C@@H]1SC(N2CCCC2)=NC1=O)Nc1ccc(C(=O)NCCCC2CCCC2)cc1. The van der Waals surface area contributed by atoms with E-state index in [2.05, 4.69) is 20.5 Å². The summed E-state index contributed by atoms with van der Waals surface area (Å²) in [6.45, 7) is 2.55. The highest BCUT2D eigenvalue weighted by molar-refractivity contribution is 8.15. The number of hydrogen-bond donors (Lipinski definition) is 2. The summed E-state index contributed by atoms with van der Waals surface area (Å²) in [6, 6.07) is 6.88. The lowest BCUT2D eigenvalue weighted by molar-refractivity contribution is -0.121. The number of carbonyl (C=O) groups excluding carboxylic acids is 3. The van der Waals surface area contributed by atoms with Crippen molar-refractivity contribution in [2.45, 2.75) is 63.0 Å². The van der Waals surface area contributed by atoms with Crippen molar-refractivity contribution in [1.29, 1.82) is 0 Å². The van der Waals surface area contributed by atoms with Gasteiger partial charge in [0.1, 0.15) is 5.25 Å². The van der Waals surface area contributed by atoms with Gasteiger partial charge < -0.3 is 15.5 Å². The maximum atomic E-state index is 12.4. The van der Waals surface area contributed by atoms with Crippen LogP contribution in [0.4, 0.5) is 5.69 Å². The number of likely N-dealkylation sites (tertiary alicyclic amines) is 1. The van der Waals surface area contributed by atoms with Gasteiger partial charge in [-0.25, -0.2) is 0 Å². The van der Waals surface area contributed by atoms with Crippen LogP contribution in [0.15, 0.2) is 29.3 Å². The van der Waals surface area contributed by atoms with Crippen LogP contribution in [0.25, 0.3) is 0 Å². The van der Waals surface area contributed by atoms with Crippen LogP contribution in [0.2, 0.25) is 0 Å². The fraction of sp³-hybridized carbons (Fsp3) is 0.583. The molecule has 0 radical (unpaired) electrons. The molecule has 32 heavy (non-hydrogen) atoms. The Morgan fingerprint density at radius 2 is 1.78 bits per heavy atom. The number of nitrogens with zero attached hydrogens (tertiary/aromatic N) is 2. The highest BCUT2D eigenvalue weighted by Gasteiger charge is 2.33. The Morgan fingerprint density at radius 1 is 1.06 bits per heavy atom. The summed E-state index contributed by atoms with van der Waals surface area (Å²) in [5, 5.41) is 6.10. The van der Waals surface area contributed by atoms with Crippen LogP contribution in [0.3, 0.4) is 0 Å². The van der Waals surface area contributed by atoms with Gasteiger partial charge in [0.25, 0.3) is 11.8 Å². The summed E-state index contributed by atoms with van der Waals surface area (Å²) in [6.07, 6.45) is 9.91. The van der Waals surface area contributed by atoms with Gasteiger partial charge in [0.2, 0.25) is 5.91 Å². The van der Waals surface area contributed by atoms with Gasteiger partial charge in [0.05, 0.1) is 0 Å². The average molecular weight is 457 g/mol. The summed E-state index contributed by atoms with van der Waals surface area (Å²) in [7, 11) is 0. The first-order valence-corrected chi connectivity index (χ1v) is 12.7. The molecule has 2 heterocycles. The molecular formula is C24H32N4O3S. The van der Waals surface area contributed by atoms with Gasteiger partial charge in [0.15, 0.2) is 5.17 Å². The number of aliphatic imine (C=N–C) groups is 1. The van der Waals surface area contributed by atoms with Crippen LogP contribution in [0.5, 0.6) is 0 Å². The van der Waals surface area contributed by atoms with E-state index in [1.54, 1.807) is 24.3 Å². The lowest BCUT2D eigenvalue weighted by Gasteiger charge is -2.16. The molecule has 1 aliphatic carbocycles. The van der Waals surface area contributed by atoms with Crippen molar-refractivity contribution in [3.05, 3.63) is 29.8 Å². The van der Waals surface area contributed by atoms with E-state index in [1.807, 2.05) is 0 Å². The van der Waals surface area contributed by atoms with Crippen LogP contribution < -0.4 is 10.6 Å². The first kappa shape index (κ1) is 22.8. The van der Waals surface area contributed by atoms with E-state index in [-0.39, 0.29) is 24.1 Å². The largest absolute Gasteiger partial charge is 0.352 e. The van der Waals surface area contributed by atoms with Crippen molar-refractivity contribution in [1.82, 2.24) is 10.2 Å². The Labute approximate surface area is 193 Å². The average Bonchev–Trinajstić information content (AvgIpc) is 3.55. The van der Waals surface area contributed by atoms with E-state index in [9.17, 15) is 14.4 Å². The van der Waals surface area contributed by atoms with Gasteiger partial charge in [-0.1, -0.05) is 37.4 Å². The van der Waals surface area contributed by atoms with Gasteiger partial charge in [0, 0.05) is 37.3 Å². The molecule has 0 aromatic heterocycles. The molecular weight excluding hydrogens is 424 g/mol. The van der Waals surface area contributed by atoms with Gasteiger partial charge in [-0.3, -0.25) is 14.4 Å². The number of anilines is 1. The summed E-state index contributed by atoms with van der Waals surface area (Å²) in [4.78, 5) is 43.2. The van der Waals surface area contributed by atoms with Gasteiger partial charge in [-0.15, -0.1) is 0 Å². The Kier molecular flexibility index (Phi) is 7.84. The number of rotatable bonds is 8. The van der Waals surface area contributed by atoms with Crippen LogP contribution >= 0.6 is 11.8 Å². The van der Waals surface area contributed by atoms with Crippen molar-refractivity contribution in [3.8, 4) is 0 Å². The third-order valence-corrected chi connectivity index (χ3v) is 7.67. The summed E-state index contributed by atoms with van der Waals surface area (Å²) in [5.41, 5.74) is 1.19. The number of nitrogens with one attached hydrogen (secondary N) is 2. The van der Waals surface area contributed by atoms with Crippen LogP contribution in [0.1, 0.15) is 68.1 Å². The summed E-state index contributed by atoms with van der Waals surface area (Å²) in [5.74, 6) is 0.296. The van der Waals surface area contributed by atoms with Gasteiger partial charge in [-0.05, 0) is 55.9 Å². The number of hydrogen-bond acceptors (Lipinski definition) is 5. The zero-order chi connectivity index (χ0) is 22.3. The van der Waals surface area contributed by atoms with E-state index in [0.717, 1.165) is 43.4 Å². The molecule has 0 unspecified atom stereocenters. The topological polar surface area (TPSA) is 90.9 Å². The Bertz CT molecular complexity index is 859. The lowest BCUT2D eigenvalue weighted by Crippen LogP contribution is -2.25. The molecule has 4 rings (SSSR count). The van der Waals surface area contributed by atoms with Gasteiger partial charge in [-0.2, -0.15) is 4.99 Å². The Morgan fingerprint density at radius 3 is 2.50 bits per heavy atom. The second kappa shape index (κ2) is 11.0. The third-order valence-electron chi connectivity index (χ3n) is 6.46. The van der Waals surface area contributed by atoms with E-state index >= 15 is 0 Å². The second-order valence-electron chi connectivity index (χ2n) is 8.91. The maximum Gasteiger partial charge on any atom is 0.262 e. The molecule has 2 aliphatic heterocycles. The van der Waals surface area contributed by atoms with E-state index in [0.29, 0.717) is 17.8 Å². The summed E-state index contributed by atoms with van der Waals surface area (Å²) >= 11 is 1.39. The predicted molar refractivity (Wildman–Crippen MR) is 128 cm³/mol. The zero-order valence-corrected chi connectivity index (χ0v) is 19.3. The number of carbonyl (C=O) groups is 3. The molecule has 1 aromatic carbocycles. The molecule has 1 aromatic rings. The Hall–Kier alpha value is -2.35. The first-order chi connectivity index (χ1) is 15.6. The predicted octanol–water partition coefficient (Wildman–Crippen LogP) is 3.81. The third kappa shape index (κ3) is 6.12. The molecule has 172 valence electrons. The molecule has 7 nitrogen and oxygen atoms in total. The van der Waals surface area contributed by atoms with Crippen LogP contribution in [-0.4, -0.2) is 52.7 Å². The van der Waals surface area contributed by atoms with Crippen molar-refractivity contribution in [3.63, 3.8) is 0 Å². The normalized spacial score (nSPS) is 21.1. The molecule has 2 fully saturated rings. The highest BCUT2D eigenvalue weighted by atomic mass is 32.2. The molecule has 0 spiro atoms. The molecule has 0 bridgehead atoms. The molecule has 3 amide bonds. The second-order valence-corrected chi connectivity index (χ2v) is 10.1. The van der Waals surface area contributed by atoms with E-state index in [1.165, 1.54) is 43.9 Å². The molecule has 3 aliphatic rings. The fourth-order valence-electron chi connectivity index (χ4n) is 4.63. The number of benzene rings is 1. The highest BCUT2D eigenvalue weighted by Crippen LogP contribution is 2.29. The minimum absolute atomic E-state index is 0.0890. The monoisotopic (exact) mass is 456 g/mol. The molecule has 2 N–H and O–H groups in total. The number of thioether (sulfide) groups is 1. The van der Waals surface area contributed by atoms with Crippen LogP contribution in [0, 0.1) is 5.92 Å². The molecule has 1 saturated heterocycles. The smallest absolute Gasteiger partial charge is 0.262 e. The van der Waals surface area contributed by atoms with Crippen LogP contribution in [-0.2, 0) is 9.59 Å². The number of amides is 3. The van der Waals surface area contributed by atoms with Crippen molar-refractivity contribution in [2.24, 2.45) is 10.9 Å². The van der Waals surface area contributed by atoms with E-state index < -0.39 is 5.25 Å². The van der Waals surface area contributed by atoms with Crippen molar-refractivity contribution >= 4 is 40.3 Å². The standard InChI is InChI=1S/C24H32N4O3S/c29-21(16-20-23(31)27-24(32-20)28-14-3-4-15-28)26-19-11-9-18(10-12-19)22(30)25-13-5-8-17-6-1-2-7-17/h9-12,17,20H,1-8,13-16H2,(H,25,30)(H,26,29)/t20-/m0/s1. The Balaban J connectivity index is 1.18. The van der Waals surface area contributed by atoms with Crippen molar-refractivity contribution in [2.75, 3.05) is 25.0 Å². The number of amidine groups is 1. The minimum atomic E-state index is -0.458. The molecule has 1 saturated carbocycles. The quantitative estimate of drug-likeness (QED) is 0.581. The molecule has 8 heteroatoms. The van der Waals surface area contributed by atoms with Crippen molar-refractivity contribution < 1.29 is 14.4 Å².